The van der Waals surface area contributed by atoms with Crippen LogP contribution in [0, 0.1) is 11.7 Å². The van der Waals surface area contributed by atoms with Gasteiger partial charge in [0.15, 0.2) is 0 Å². The Hall–Kier alpha value is -1.03. The lowest BCUT2D eigenvalue weighted by atomic mass is 9.97. The summed E-state index contributed by atoms with van der Waals surface area (Å²) in [5.41, 5.74) is 0.957. The number of carbonyl (C=O) groups is 1. The normalized spacial score (nSPS) is 15.5. The Kier molecular flexibility index (Phi) is 9.73. The van der Waals surface area contributed by atoms with E-state index in [-0.39, 0.29) is 36.5 Å². The summed E-state index contributed by atoms with van der Waals surface area (Å²) in [7, 11) is -3.55. The smallest absolute Gasteiger partial charge is 0.223 e. The molecule has 0 bridgehead atoms. The van der Waals surface area contributed by atoms with Crippen LogP contribution in [0.5, 0.6) is 0 Å². The molecule has 1 heterocycles. The third-order valence-corrected chi connectivity index (χ3v) is 9.18. The number of amides is 1. The van der Waals surface area contributed by atoms with Gasteiger partial charge in [0.05, 0.1) is 5.75 Å². The lowest BCUT2D eigenvalue weighted by Gasteiger charge is -2.30. The van der Waals surface area contributed by atoms with E-state index < -0.39 is 10.0 Å². The summed E-state index contributed by atoms with van der Waals surface area (Å²) in [5, 5.41) is 4.05. The molecule has 0 unspecified atom stereocenters. The van der Waals surface area contributed by atoms with Gasteiger partial charge in [0.1, 0.15) is 5.82 Å². The monoisotopic (exact) mass is 552 g/mol. The van der Waals surface area contributed by atoms with Crippen LogP contribution < -0.4 is 5.32 Å². The zero-order valence-electron chi connectivity index (χ0n) is 17.7. The van der Waals surface area contributed by atoms with E-state index in [1.165, 1.54) is 28.2 Å². The van der Waals surface area contributed by atoms with Crippen LogP contribution >= 0.6 is 46.6 Å². The third-order valence-electron chi connectivity index (χ3n) is 5.42. The van der Waals surface area contributed by atoms with Crippen molar-refractivity contribution in [2.24, 2.45) is 5.92 Å². The molecule has 2 aromatic rings. The van der Waals surface area contributed by atoms with Crippen molar-refractivity contribution in [2.45, 2.75) is 24.3 Å². The van der Waals surface area contributed by atoms with Gasteiger partial charge < -0.3 is 5.32 Å². The standard InChI is InChI=1S/C22H24Cl3FN2O3S2/c23-17-5-4-16(20(25)12-17)14-33(30,31)28-9-6-15(7-10-28)22(29)27-8-11-32-13-18-19(24)2-1-3-21(18)26/h1-5,12,15H,6-11,13-14H2,(H,27,29). The van der Waals surface area contributed by atoms with E-state index in [1.807, 2.05) is 0 Å². The molecule has 0 radical (unpaired) electrons. The second kappa shape index (κ2) is 12.1. The molecule has 0 saturated carbocycles. The Morgan fingerprint density at radius 3 is 2.52 bits per heavy atom. The van der Waals surface area contributed by atoms with E-state index in [9.17, 15) is 17.6 Å². The molecule has 33 heavy (non-hydrogen) atoms. The Morgan fingerprint density at radius 1 is 1.12 bits per heavy atom. The van der Waals surface area contributed by atoms with Gasteiger partial charge in [0.25, 0.3) is 0 Å². The van der Waals surface area contributed by atoms with Crippen molar-refractivity contribution in [2.75, 3.05) is 25.4 Å². The molecule has 1 aliphatic heterocycles. The van der Waals surface area contributed by atoms with Crippen LogP contribution in [0.15, 0.2) is 36.4 Å². The van der Waals surface area contributed by atoms with Crippen LogP contribution in [-0.4, -0.2) is 44.0 Å². The third kappa shape index (κ3) is 7.47. The van der Waals surface area contributed by atoms with Gasteiger partial charge in [-0.1, -0.05) is 46.9 Å². The van der Waals surface area contributed by atoms with Crippen LogP contribution in [0.3, 0.4) is 0 Å². The van der Waals surface area contributed by atoms with E-state index in [0.29, 0.717) is 57.1 Å². The number of rotatable bonds is 9. The number of carbonyl (C=O) groups excluding carboxylic acids is 1. The fraction of sp³-hybridized carbons (Fsp3) is 0.409. The topological polar surface area (TPSA) is 66.5 Å². The molecule has 0 aromatic heterocycles. The molecule has 11 heteroatoms. The van der Waals surface area contributed by atoms with Crippen LogP contribution in [-0.2, 0) is 26.3 Å². The Morgan fingerprint density at radius 2 is 1.85 bits per heavy atom. The first-order valence-corrected chi connectivity index (χ1v) is 14.3. The molecule has 0 atom stereocenters. The van der Waals surface area contributed by atoms with Crippen molar-refractivity contribution in [1.82, 2.24) is 9.62 Å². The maximum atomic E-state index is 13.8. The van der Waals surface area contributed by atoms with Crippen molar-refractivity contribution in [3.8, 4) is 0 Å². The minimum atomic E-state index is -3.55. The predicted molar refractivity (Wildman–Crippen MR) is 134 cm³/mol. The molecule has 0 aliphatic carbocycles. The Labute approximate surface area is 213 Å². The zero-order chi connectivity index (χ0) is 24.0. The highest BCUT2D eigenvalue weighted by Gasteiger charge is 2.31. The molecular formula is C22H24Cl3FN2O3S2. The van der Waals surface area contributed by atoms with Crippen molar-refractivity contribution >= 4 is 62.5 Å². The maximum Gasteiger partial charge on any atom is 0.223 e. The first kappa shape index (κ1) is 26.6. The SMILES string of the molecule is O=C(NCCSCc1c(F)cccc1Cl)C1CCN(S(=O)(=O)Cc2ccc(Cl)cc2Cl)CC1. The molecular weight excluding hydrogens is 530 g/mol. The van der Waals surface area contributed by atoms with Crippen molar-refractivity contribution in [1.29, 1.82) is 0 Å². The first-order valence-electron chi connectivity index (χ1n) is 10.4. The molecule has 5 nitrogen and oxygen atoms in total. The molecule has 180 valence electrons. The van der Waals surface area contributed by atoms with Crippen LogP contribution in [0.4, 0.5) is 4.39 Å². The quantitative estimate of drug-likeness (QED) is 0.424. The second-order valence-electron chi connectivity index (χ2n) is 7.71. The van der Waals surface area contributed by atoms with Crippen molar-refractivity contribution < 1.29 is 17.6 Å². The molecule has 1 aliphatic rings. The van der Waals surface area contributed by atoms with E-state index in [4.69, 9.17) is 34.8 Å². The Balaban J connectivity index is 1.40. The number of sulfonamides is 1. The van der Waals surface area contributed by atoms with Crippen molar-refractivity contribution in [3.63, 3.8) is 0 Å². The van der Waals surface area contributed by atoms with Gasteiger partial charge >= 0.3 is 0 Å². The number of thioether (sulfide) groups is 1. The second-order valence-corrected chi connectivity index (χ2v) is 12.0. The van der Waals surface area contributed by atoms with Gasteiger partial charge in [-0.05, 0) is 42.7 Å². The summed E-state index contributed by atoms with van der Waals surface area (Å²) in [6.45, 7) is 1.02. The van der Waals surface area contributed by atoms with Gasteiger partial charge in [0.2, 0.25) is 15.9 Å². The van der Waals surface area contributed by atoms with Gasteiger partial charge in [-0.2, -0.15) is 11.8 Å². The molecule has 1 saturated heterocycles. The summed E-state index contributed by atoms with van der Waals surface area (Å²) < 4.78 is 40.7. The van der Waals surface area contributed by atoms with E-state index in [1.54, 1.807) is 24.3 Å². The number of hydrogen-bond acceptors (Lipinski definition) is 4. The predicted octanol–water partition coefficient (Wildman–Crippen LogP) is 5.38. The number of piperidine rings is 1. The fourth-order valence-corrected chi connectivity index (χ4v) is 6.90. The number of halogens is 4. The van der Waals surface area contributed by atoms with E-state index >= 15 is 0 Å². The summed E-state index contributed by atoms with van der Waals surface area (Å²) in [6.07, 6.45) is 0.911. The molecule has 0 spiro atoms. The van der Waals surface area contributed by atoms with Crippen LogP contribution in [0.2, 0.25) is 15.1 Å². The highest BCUT2D eigenvalue weighted by molar-refractivity contribution is 7.98. The lowest BCUT2D eigenvalue weighted by Crippen LogP contribution is -2.43. The summed E-state index contributed by atoms with van der Waals surface area (Å²) in [6, 6.07) is 9.33. The molecule has 2 aromatic carbocycles. The molecule has 1 amide bonds. The average Bonchev–Trinajstić information content (AvgIpc) is 2.77. The number of nitrogens with one attached hydrogen (secondary N) is 1. The Bertz CT molecular complexity index is 1070. The van der Waals surface area contributed by atoms with Gasteiger partial charge in [-0.3, -0.25) is 4.79 Å². The zero-order valence-corrected chi connectivity index (χ0v) is 21.6. The van der Waals surface area contributed by atoms with Gasteiger partial charge in [-0.15, -0.1) is 0 Å². The highest BCUT2D eigenvalue weighted by Crippen LogP contribution is 2.27. The lowest BCUT2D eigenvalue weighted by molar-refractivity contribution is -0.125. The highest BCUT2D eigenvalue weighted by atomic mass is 35.5. The van der Waals surface area contributed by atoms with Crippen molar-refractivity contribution in [3.05, 3.63) is 68.4 Å². The largest absolute Gasteiger partial charge is 0.355 e. The minimum Gasteiger partial charge on any atom is -0.355 e. The van der Waals surface area contributed by atoms with Crippen LogP contribution in [0.25, 0.3) is 0 Å². The van der Waals surface area contributed by atoms with Gasteiger partial charge in [0, 0.05) is 57.7 Å². The molecule has 1 N–H and O–H groups in total. The number of hydrogen-bond donors (Lipinski definition) is 1. The minimum absolute atomic E-state index is 0.0858. The molecule has 1 fully saturated rings. The van der Waals surface area contributed by atoms with E-state index in [2.05, 4.69) is 5.32 Å². The number of benzene rings is 2. The summed E-state index contributed by atoms with van der Waals surface area (Å²) in [4.78, 5) is 12.5. The number of nitrogens with zero attached hydrogens (tertiary/aromatic N) is 1. The van der Waals surface area contributed by atoms with E-state index in [0.717, 1.165) is 0 Å². The molecule has 3 rings (SSSR count). The first-order chi connectivity index (χ1) is 15.7. The fourth-order valence-electron chi connectivity index (χ4n) is 3.56. The maximum absolute atomic E-state index is 13.8. The summed E-state index contributed by atoms with van der Waals surface area (Å²) in [5.74, 6) is 0.183. The summed E-state index contributed by atoms with van der Waals surface area (Å²) >= 11 is 19.5. The average molecular weight is 554 g/mol. The van der Waals surface area contributed by atoms with Gasteiger partial charge in [-0.25, -0.2) is 17.1 Å². The van der Waals surface area contributed by atoms with Crippen LogP contribution in [0.1, 0.15) is 24.0 Å².